The number of nitrogens with two attached hydrogens (primary N) is 1. The first-order valence-electron chi connectivity index (χ1n) is 7.60. The van der Waals surface area contributed by atoms with Gasteiger partial charge in [-0.15, -0.1) is 0 Å². The quantitative estimate of drug-likeness (QED) is 0.870. The molecule has 106 valence electrons. The molecule has 0 amide bonds. The van der Waals surface area contributed by atoms with E-state index >= 15 is 0 Å². The Labute approximate surface area is 120 Å². The second-order valence-electron chi connectivity index (χ2n) is 5.90. The number of aromatic nitrogens is 2. The summed E-state index contributed by atoms with van der Waals surface area (Å²) in [6.07, 6.45) is 9.62. The zero-order chi connectivity index (χ0) is 14.0. The van der Waals surface area contributed by atoms with Crippen LogP contribution in [0.2, 0.25) is 0 Å². The van der Waals surface area contributed by atoms with Gasteiger partial charge in [0, 0.05) is 18.3 Å². The van der Waals surface area contributed by atoms with Crippen LogP contribution >= 0.6 is 0 Å². The molecule has 3 nitrogen and oxygen atoms in total. The average molecular weight is 269 g/mol. The van der Waals surface area contributed by atoms with Crippen molar-refractivity contribution in [3.05, 3.63) is 53.3 Å². The fraction of sp³-hybridized carbons (Fsp3) is 0.471. The van der Waals surface area contributed by atoms with Crippen molar-refractivity contribution >= 4 is 0 Å². The van der Waals surface area contributed by atoms with Crippen molar-refractivity contribution in [3.63, 3.8) is 0 Å². The molecule has 0 spiro atoms. The summed E-state index contributed by atoms with van der Waals surface area (Å²) in [6.45, 7) is 3.02. The molecule has 0 bridgehead atoms. The molecule has 2 N–H and O–H groups in total. The van der Waals surface area contributed by atoms with E-state index in [1.165, 1.54) is 29.5 Å². The molecule has 0 aliphatic heterocycles. The van der Waals surface area contributed by atoms with E-state index in [1.807, 2.05) is 10.9 Å². The van der Waals surface area contributed by atoms with Gasteiger partial charge in [-0.1, -0.05) is 30.7 Å². The van der Waals surface area contributed by atoms with Crippen LogP contribution in [-0.4, -0.2) is 9.78 Å². The third-order valence-corrected chi connectivity index (χ3v) is 4.40. The van der Waals surface area contributed by atoms with Gasteiger partial charge in [-0.25, -0.2) is 0 Å². The molecule has 1 aliphatic rings. The molecular formula is C17H23N3. The van der Waals surface area contributed by atoms with Crippen LogP contribution in [0.3, 0.4) is 0 Å². The van der Waals surface area contributed by atoms with Crippen molar-refractivity contribution in [1.82, 2.24) is 9.78 Å². The third-order valence-electron chi connectivity index (χ3n) is 4.40. The van der Waals surface area contributed by atoms with Crippen molar-refractivity contribution in [1.29, 1.82) is 0 Å². The fourth-order valence-electron chi connectivity index (χ4n) is 3.33. The van der Waals surface area contributed by atoms with Crippen LogP contribution in [-0.2, 0) is 24.9 Å². The van der Waals surface area contributed by atoms with Crippen LogP contribution in [0.5, 0.6) is 0 Å². The van der Waals surface area contributed by atoms with Crippen molar-refractivity contribution in [2.45, 2.75) is 51.1 Å². The van der Waals surface area contributed by atoms with Gasteiger partial charge in [0.15, 0.2) is 0 Å². The number of hydrogen-bond donors (Lipinski definition) is 1. The summed E-state index contributed by atoms with van der Waals surface area (Å²) in [5.74, 6) is 0. The molecule has 3 heteroatoms. The fourth-order valence-corrected chi connectivity index (χ4v) is 3.33. The van der Waals surface area contributed by atoms with Crippen LogP contribution in [0.1, 0.15) is 42.9 Å². The molecule has 0 fully saturated rings. The molecule has 1 aromatic carbocycles. The first kappa shape index (κ1) is 13.4. The summed E-state index contributed by atoms with van der Waals surface area (Å²) in [5.41, 5.74) is 10.6. The molecule has 1 aromatic heterocycles. The largest absolute Gasteiger partial charge is 0.321 e. The lowest BCUT2D eigenvalue weighted by molar-refractivity contribution is 0.398. The minimum Gasteiger partial charge on any atom is -0.321 e. The number of fused-ring (bicyclic) bond motifs is 1. The van der Waals surface area contributed by atoms with E-state index in [1.54, 1.807) is 0 Å². The molecule has 1 aliphatic carbocycles. The number of hydrogen-bond acceptors (Lipinski definition) is 2. The van der Waals surface area contributed by atoms with Crippen LogP contribution in [0.25, 0.3) is 0 Å². The van der Waals surface area contributed by atoms with Gasteiger partial charge in [0.2, 0.25) is 0 Å². The lowest BCUT2D eigenvalue weighted by Gasteiger charge is -2.30. The minimum atomic E-state index is -0.241. The monoisotopic (exact) mass is 269 g/mol. The number of aryl methyl sites for hydroxylation is 2. The second-order valence-corrected chi connectivity index (χ2v) is 5.90. The Bertz CT molecular complexity index is 587. The summed E-state index contributed by atoms with van der Waals surface area (Å²) < 4.78 is 1.97. The minimum absolute atomic E-state index is 0.241. The van der Waals surface area contributed by atoms with Crippen LogP contribution in [0, 0.1) is 0 Å². The van der Waals surface area contributed by atoms with E-state index in [9.17, 15) is 0 Å². The van der Waals surface area contributed by atoms with E-state index in [2.05, 4.69) is 42.5 Å². The van der Waals surface area contributed by atoms with Gasteiger partial charge in [-0.05, 0) is 49.3 Å². The Morgan fingerprint density at radius 3 is 2.95 bits per heavy atom. The molecule has 1 unspecified atom stereocenters. The number of benzene rings is 1. The highest BCUT2D eigenvalue weighted by Crippen LogP contribution is 2.34. The van der Waals surface area contributed by atoms with Gasteiger partial charge in [-0.3, -0.25) is 4.68 Å². The summed E-state index contributed by atoms with van der Waals surface area (Å²) in [5, 5.41) is 4.37. The molecule has 3 rings (SSSR count). The number of rotatable bonds is 3. The topological polar surface area (TPSA) is 43.8 Å². The smallest absolute Gasteiger partial charge is 0.0522 e. The lowest BCUT2D eigenvalue weighted by atomic mass is 9.81. The van der Waals surface area contributed by atoms with Gasteiger partial charge in [-0.2, -0.15) is 5.10 Å². The van der Waals surface area contributed by atoms with Gasteiger partial charge in [0.05, 0.1) is 6.20 Å². The maximum Gasteiger partial charge on any atom is 0.0522 e. The molecule has 0 saturated carbocycles. The second kappa shape index (κ2) is 5.41. The molecule has 1 atom stereocenters. The Kier molecular flexibility index (Phi) is 3.62. The van der Waals surface area contributed by atoms with Crippen LogP contribution < -0.4 is 5.73 Å². The van der Waals surface area contributed by atoms with E-state index < -0.39 is 0 Å². The highest BCUT2D eigenvalue weighted by atomic mass is 15.3. The van der Waals surface area contributed by atoms with E-state index in [4.69, 9.17) is 5.73 Å². The highest BCUT2D eigenvalue weighted by molar-refractivity contribution is 5.36. The normalized spacial score (nSPS) is 22.3. The predicted octanol–water partition coefficient (Wildman–Crippen LogP) is 3.03. The average Bonchev–Trinajstić information content (AvgIpc) is 2.84. The molecule has 0 radical (unpaired) electrons. The van der Waals surface area contributed by atoms with Gasteiger partial charge < -0.3 is 5.73 Å². The maximum absolute atomic E-state index is 6.82. The third kappa shape index (κ3) is 2.50. The van der Waals surface area contributed by atoms with Crippen molar-refractivity contribution in [3.8, 4) is 0 Å². The van der Waals surface area contributed by atoms with Crippen molar-refractivity contribution < 1.29 is 0 Å². The Hall–Kier alpha value is -1.61. The van der Waals surface area contributed by atoms with Gasteiger partial charge in [0.1, 0.15) is 0 Å². The molecular weight excluding hydrogens is 246 g/mol. The van der Waals surface area contributed by atoms with E-state index in [-0.39, 0.29) is 5.54 Å². The predicted molar refractivity (Wildman–Crippen MR) is 81.5 cm³/mol. The standard InChI is InChI=1S/C17H23N3/c1-2-20-13-14(12-19-20)11-17(18)10-6-5-8-15-7-3-4-9-16(15)17/h3-4,7,9,12-13H,2,5-6,8,10-11,18H2,1H3. The maximum atomic E-state index is 6.82. The molecule has 0 saturated heterocycles. The van der Waals surface area contributed by atoms with Crippen LogP contribution in [0.15, 0.2) is 36.7 Å². The van der Waals surface area contributed by atoms with E-state index in [0.29, 0.717) is 0 Å². The van der Waals surface area contributed by atoms with Crippen molar-refractivity contribution in [2.24, 2.45) is 5.73 Å². The zero-order valence-corrected chi connectivity index (χ0v) is 12.2. The van der Waals surface area contributed by atoms with Crippen molar-refractivity contribution in [2.75, 3.05) is 0 Å². The van der Waals surface area contributed by atoms with Gasteiger partial charge in [0.25, 0.3) is 0 Å². The Morgan fingerprint density at radius 1 is 1.30 bits per heavy atom. The molecule has 2 aromatic rings. The van der Waals surface area contributed by atoms with Crippen LogP contribution in [0.4, 0.5) is 0 Å². The lowest BCUT2D eigenvalue weighted by Crippen LogP contribution is -2.39. The van der Waals surface area contributed by atoms with Gasteiger partial charge >= 0.3 is 0 Å². The SMILES string of the molecule is CCn1cc(CC2(N)CCCCc3ccccc32)cn1. The highest BCUT2D eigenvalue weighted by Gasteiger charge is 2.31. The zero-order valence-electron chi connectivity index (χ0n) is 12.2. The Morgan fingerprint density at radius 2 is 2.15 bits per heavy atom. The van der Waals surface area contributed by atoms with E-state index in [0.717, 1.165) is 25.8 Å². The summed E-state index contributed by atoms with van der Waals surface area (Å²) in [6, 6.07) is 8.68. The summed E-state index contributed by atoms with van der Waals surface area (Å²) >= 11 is 0. The Balaban J connectivity index is 1.93. The number of nitrogens with zero attached hydrogens (tertiary/aromatic N) is 2. The first-order valence-corrected chi connectivity index (χ1v) is 7.60. The first-order chi connectivity index (χ1) is 9.71. The summed E-state index contributed by atoms with van der Waals surface area (Å²) in [7, 11) is 0. The molecule has 1 heterocycles. The molecule has 20 heavy (non-hydrogen) atoms. The summed E-state index contributed by atoms with van der Waals surface area (Å²) in [4.78, 5) is 0.